The van der Waals surface area contributed by atoms with Crippen LogP contribution in [-0.2, 0) is 9.59 Å². The van der Waals surface area contributed by atoms with Gasteiger partial charge < -0.3 is 15.4 Å². The highest BCUT2D eigenvalue weighted by molar-refractivity contribution is 9.10. The Kier molecular flexibility index (Phi) is 6.71. The van der Waals surface area contributed by atoms with Gasteiger partial charge in [-0.1, -0.05) is 12.1 Å². The number of benzene rings is 2. The molecule has 0 aliphatic carbocycles. The summed E-state index contributed by atoms with van der Waals surface area (Å²) in [5.74, 6) is -0.331. The summed E-state index contributed by atoms with van der Waals surface area (Å²) >= 11 is 3.33. The van der Waals surface area contributed by atoms with Gasteiger partial charge in [-0.25, -0.2) is 0 Å². The maximum atomic E-state index is 11.8. The molecule has 6 nitrogen and oxygen atoms in total. The minimum absolute atomic E-state index is 0.0413. The summed E-state index contributed by atoms with van der Waals surface area (Å²) in [6.07, 6.45) is 0. The zero-order valence-electron chi connectivity index (χ0n) is 13.5. The highest BCUT2D eigenvalue weighted by atomic mass is 79.9. The van der Waals surface area contributed by atoms with Crippen molar-refractivity contribution in [2.75, 3.05) is 18.5 Å². The van der Waals surface area contributed by atoms with E-state index in [9.17, 15) is 14.4 Å². The second-order valence-electron chi connectivity index (χ2n) is 5.17. The molecule has 2 amide bonds. The number of halogens is 1. The topological polar surface area (TPSA) is 84.5 Å². The first kappa shape index (κ1) is 18.7. The van der Waals surface area contributed by atoms with Crippen LogP contribution in [0.4, 0.5) is 5.69 Å². The van der Waals surface area contributed by atoms with Gasteiger partial charge in [-0.2, -0.15) is 0 Å². The van der Waals surface area contributed by atoms with E-state index in [-0.39, 0.29) is 24.8 Å². The van der Waals surface area contributed by atoms with Crippen molar-refractivity contribution in [3.8, 4) is 5.75 Å². The van der Waals surface area contributed by atoms with Crippen LogP contribution in [0.1, 0.15) is 17.3 Å². The van der Waals surface area contributed by atoms with Gasteiger partial charge in [-0.3, -0.25) is 14.4 Å². The molecule has 25 heavy (non-hydrogen) atoms. The number of nitrogens with one attached hydrogen (secondary N) is 2. The van der Waals surface area contributed by atoms with Crippen molar-refractivity contribution in [1.29, 1.82) is 0 Å². The maximum Gasteiger partial charge on any atom is 0.258 e. The van der Waals surface area contributed by atoms with Crippen molar-refractivity contribution in [3.63, 3.8) is 0 Å². The van der Waals surface area contributed by atoms with Gasteiger partial charge >= 0.3 is 0 Å². The molecule has 0 saturated carbocycles. The van der Waals surface area contributed by atoms with Crippen molar-refractivity contribution >= 4 is 39.2 Å². The summed E-state index contributed by atoms with van der Waals surface area (Å²) in [7, 11) is 0. The summed E-state index contributed by atoms with van der Waals surface area (Å²) in [6, 6.07) is 13.7. The predicted molar refractivity (Wildman–Crippen MR) is 97.7 cm³/mol. The van der Waals surface area contributed by atoms with Gasteiger partial charge in [0.1, 0.15) is 5.75 Å². The molecular weight excluding hydrogens is 388 g/mol. The van der Waals surface area contributed by atoms with Crippen LogP contribution in [0.3, 0.4) is 0 Å². The first-order valence-electron chi connectivity index (χ1n) is 7.50. The van der Waals surface area contributed by atoms with Crippen LogP contribution in [-0.4, -0.2) is 30.7 Å². The SMILES string of the molecule is CC(=O)c1ccc(OCC(=O)NCC(=O)Nc2ccccc2Br)cc1. The number of carbonyl (C=O) groups excluding carboxylic acids is 3. The summed E-state index contributed by atoms with van der Waals surface area (Å²) in [4.78, 5) is 34.7. The fourth-order valence-electron chi connectivity index (χ4n) is 1.92. The predicted octanol–water partition coefficient (Wildman–Crippen LogP) is 2.79. The molecule has 0 spiro atoms. The van der Waals surface area contributed by atoms with Crippen LogP contribution >= 0.6 is 15.9 Å². The summed E-state index contributed by atoms with van der Waals surface area (Å²) in [6.45, 7) is 1.09. The number of carbonyl (C=O) groups is 3. The average molecular weight is 405 g/mol. The smallest absolute Gasteiger partial charge is 0.258 e. The number of para-hydroxylation sites is 1. The van der Waals surface area contributed by atoms with Crippen LogP contribution in [0, 0.1) is 0 Å². The molecule has 0 bridgehead atoms. The Hall–Kier alpha value is -2.67. The molecule has 2 aromatic rings. The van der Waals surface area contributed by atoms with E-state index < -0.39 is 5.91 Å². The Balaban J connectivity index is 1.74. The molecule has 2 N–H and O–H groups in total. The minimum Gasteiger partial charge on any atom is -0.484 e. The normalized spacial score (nSPS) is 10.0. The lowest BCUT2D eigenvalue weighted by Crippen LogP contribution is -2.35. The van der Waals surface area contributed by atoms with Crippen molar-refractivity contribution in [1.82, 2.24) is 5.32 Å². The van der Waals surface area contributed by atoms with Crippen LogP contribution in [0.5, 0.6) is 5.75 Å². The highest BCUT2D eigenvalue weighted by Gasteiger charge is 2.08. The minimum atomic E-state index is -0.419. The van der Waals surface area contributed by atoms with E-state index in [0.29, 0.717) is 17.0 Å². The second kappa shape index (κ2) is 8.98. The molecule has 0 unspecified atom stereocenters. The molecule has 0 aliphatic rings. The molecule has 0 fully saturated rings. The largest absolute Gasteiger partial charge is 0.484 e. The fourth-order valence-corrected chi connectivity index (χ4v) is 2.31. The van der Waals surface area contributed by atoms with E-state index in [1.165, 1.54) is 6.92 Å². The van der Waals surface area contributed by atoms with Gasteiger partial charge in [-0.05, 0) is 59.3 Å². The third-order valence-corrected chi connectivity index (χ3v) is 3.92. The third kappa shape index (κ3) is 6.04. The van der Waals surface area contributed by atoms with E-state index in [1.807, 2.05) is 6.07 Å². The van der Waals surface area contributed by atoms with Crippen LogP contribution in [0.25, 0.3) is 0 Å². The van der Waals surface area contributed by atoms with Crippen LogP contribution < -0.4 is 15.4 Å². The zero-order chi connectivity index (χ0) is 18.2. The average Bonchev–Trinajstić information content (AvgIpc) is 2.60. The number of hydrogen-bond acceptors (Lipinski definition) is 4. The number of hydrogen-bond donors (Lipinski definition) is 2. The quantitative estimate of drug-likeness (QED) is 0.694. The van der Waals surface area contributed by atoms with E-state index in [1.54, 1.807) is 42.5 Å². The summed E-state index contributed by atoms with van der Waals surface area (Å²) in [5.41, 5.74) is 1.20. The van der Waals surface area contributed by atoms with Gasteiger partial charge in [0.25, 0.3) is 5.91 Å². The third-order valence-electron chi connectivity index (χ3n) is 3.22. The number of ketones is 1. The van der Waals surface area contributed by atoms with Gasteiger partial charge in [0.2, 0.25) is 5.91 Å². The Morgan fingerprint density at radius 3 is 2.32 bits per heavy atom. The highest BCUT2D eigenvalue weighted by Crippen LogP contribution is 2.20. The van der Waals surface area contributed by atoms with E-state index in [2.05, 4.69) is 26.6 Å². The van der Waals surface area contributed by atoms with Crippen molar-refractivity contribution < 1.29 is 19.1 Å². The lowest BCUT2D eigenvalue weighted by molar-refractivity contribution is -0.125. The van der Waals surface area contributed by atoms with Gasteiger partial charge in [0.15, 0.2) is 12.4 Å². The number of anilines is 1. The monoisotopic (exact) mass is 404 g/mol. The van der Waals surface area contributed by atoms with Crippen LogP contribution in [0.15, 0.2) is 53.0 Å². The fraction of sp³-hybridized carbons (Fsp3) is 0.167. The molecule has 0 aromatic heterocycles. The Bertz CT molecular complexity index is 775. The van der Waals surface area contributed by atoms with Crippen molar-refractivity contribution in [3.05, 3.63) is 58.6 Å². The molecule has 0 aliphatic heterocycles. The molecule has 130 valence electrons. The first-order chi connectivity index (χ1) is 12.0. The first-order valence-corrected chi connectivity index (χ1v) is 8.30. The van der Waals surface area contributed by atoms with Gasteiger partial charge in [0, 0.05) is 10.0 Å². The summed E-state index contributed by atoms with van der Waals surface area (Å²) < 4.78 is 6.07. The van der Waals surface area contributed by atoms with Gasteiger partial charge in [-0.15, -0.1) is 0 Å². The Morgan fingerprint density at radius 2 is 1.68 bits per heavy atom. The van der Waals surface area contributed by atoms with E-state index in [4.69, 9.17) is 4.74 Å². The molecule has 0 radical (unpaired) electrons. The molecule has 2 aromatic carbocycles. The lowest BCUT2D eigenvalue weighted by Gasteiger charge is -2.09. The molecule has 2 rings (SSSR count). The lowest BCUT2D eigenvalue weighted by atomic mass is 10.1. The number of Topliss-reactive ketones (excluding diaryl/α,β-unsaturated/α-hetero) is 1. The van der Waals surface area contributed by atoms with Crippen molar-refractivity contribution in [2.24, 2.45) is 0 Å². The number of ether oxygens (including phenoxy) is 1. The zero-order valence-corrected chi connectivity index (χ0v) is 15.1. The number of rotatable bonds is 7. The standard InChI is InChI=1S/C18H17BrN2O4/c1-12(22)13-6-8-14(9-7-13)25-11-18(24)20-10-17(23)21-16-5-3-2-4-15(16)19/h2-9H,10-11H2,1H3,(H,20,24)(H,21,23). The number of amides is 2. The molecule has 0 saturated heterocycles. The molecule has 0 atom stereocenters. The molecule has 7 heteroatoms. The van der Waals surface area contributed by atoms with Gasteiger partial charge in [0.05, 0.1) is 12.2 Å². The Morgan fingerprint density at radius 1 is 1.00 bits per heavy atom. The maximum absolute atomic E-state index is 11.8. The van der Waals surface area contributed by atoms with Crippen molar-refractivity contribution in [2.45, 2.75) is 6.92 Å². The summed E-state index contributed by atoms with van der Waals surface area (Å²) in [5, 5.41) is 5.16. The van der Waals surface area contributed by atoms with Crippen LogP contribution in [0.2, 0.25) is 0 Å². The molecule has 0 heterocycles. The Labute approximate surface area is 153 Å². The van der Waals surface area contributed by atoms with E-state index in [0.717, 1.165) is 4.47 Å². The van der Waals surface area contributed by atoms with E-state index >= 15 is 0 Å². The second-order valence-corrected chi connectivity index (χ2v) is 6.03. The molecular formula is C18H17BrN2O4.